The van der Waals surface area contributed by atoms with E-state index in [1.54, 1.807) is 5.57 Å². The predicted octanol–water partition coefficient (Wildman–Crippen LogP) is 8.65. The molecule has 0 heteroatoms. The summed E-state index contributed by atoms with van der Waals surface area (Å²) in [5.74, 6) is 3.54. The van der Waals surface area contributed by atoms with E-state index >= 15 is 0 Å². The predicted molar refractivity (Wildman–Crippen MR) is 120 cm³/mol. The first-order chi connectivity index (χ1) is 12.9. The molecule has 3 rings (SSSR count). The van der Waals surface area contributed by atoms with Crippen molar-refractivity contribution in [3.8, 4) is 0 Å². The van der Waals surface area contributed by atoms with Gasteiger partial charge in [0.15, 0.2) is 0 Å². The van der Waals surface area contributed by atoms with E-state index in [9.17, 15) is 0 Å². The molecule has 0 heterocycles. The van der Waals surface area contributed by atoms with E-state index < -0.39 is 0 Å². The van der Waals surface area contributed by atoms with Gasteiger partial charge in [0.1, 0.15) is 0 Å². The molecule has 0 aromatic rings. The zero-order chi connectivity index (χ0) is 19.4. The molecular formula is C27H44. The third-order valence-corrected chi connectivity index (χ3v) is 8.29. The van der Waals surface area contributed by atoms with Gasteiger partial charge >= 0.3 is 0 Å². The third kappa shape index (κ3) is 4.80. The van der Waals surface area contributed by atoms with Crippen molar-refractivity contribution in [1.82, 2.24) is 0 Å². The lowest BCUT2D eigenvalue weighted by Crippen LogP contribution is -2.36. The van der Waals surface area contributed by atoms with Crippen molar-refractivity contribution in [2.75, 3.05) is 0 Å². The van der Waals surface area contributed by atoms with Crippen LogP contribution < -0.4 is 0 Å². The molecule has 152 valence electrons. The molecule has 0 N–H and O–H groups in total. The fourth-order valence-electron chi connectivity index (χ4n) is 6.66. The van der Waals surface area contributed by atoms with Crippen molar-refractivity contribution in [2.45, 2.75) is 105 Å². The van der Waals surface area contributed by atoms with Gasteiger partial charge < -0.3 is 0 Å². The molecular weight excluding hydrogens is 324 g/mol. The van der Waals surface area contributed by atoms with Gasteiger partial charge in [-0.1, -0.05) is 76.8 Å². The molecule has 27 heavy (non-hydrogen) atoms. The molecule has 0 aliphatic heterocycles. The second-order valence-electron chi connectivity index (χ2n) is 10.6. The monoisotopic (exact) mass is 368 g/mol. The van der Waals surface area contributed by atoms with Crippen LogP contribution in [0, 0.1) is 29.1 Å². The van der Waals surface area contributed by atoms with Crippen molar-refractivity contribution >= 4 is 0 Å². The standard InChI is InChI=1S/C27H44/c1-20(2)10-8-12-22(4)25-17-18-26-24(14-9-19-27(25,26)5)16-15-23-13-7-6-11-21(23)3/h15-16,20,22,25-26H,3,6-14,17-19H2,1-2,4-5H3/b23-15-,24-16+/t22-,25-,26+,27-/m1/s1. The minimum absolute atomic E-state index is 0.559. The molecule has 3 aliphatic rings. The normalized spacial score (nSPS) is 35.8. The number of allylic oxidation sites excluding steroid dienone is 5. The summed E-state index contributed by atoms with van der Waals surface area (Å²) in [4.78, 5) is 0. The van der Waals surface area contributed by atoms with Gasteiger partial charge in [-0.05, 0) is 92.4 Å². The van der Waals surface area contributed by atoms with Crippen LogP contribution in [0.3, 0.4) is 0 Å². The summed E-state index contributed by atoms with van der Waals surface area (Å²) in [6.45, 7) is 14.3. The molecule has 0 aromatic heterocycles. The van der Waals surface area contributed by atoms with E-state index in [-0.39, 0.29) is 0 Å². The van der Waals surface area contributed by atoms with E-state index in [1.807, 2.05) is 0 Å². The Balaban J connectivity index is 1.69. The van der Waals surface area contributed by atoms with Crippen LogP contribution in [0.2, 0.25) is 0 Å². The van der Waals surface area contributed by atoms with Crippen molar-refractivity contribution in [3.05, 3.63) is 35.5 Å². The summed E-state index contributed by atoms with van der Waals surface area (Å²) in [6.07, 6.45) is 21.5. The maximum atomic E-state index is 4.32. The van der Waals surface area contributed by atoms with Gasteiger partial charge in [-0.3, -0.25) is 0 Å². The molecule has 0 aromatic carbocycles. The Hall–Kier alpha value is -0.780. The topological polar surface area (TPSA) is 0 Å². The first-order valence-electron chi connectivity index (χ1n) is 12.0. The van der Waals surface area contributed by atoms with Gasteiger partial charge in [-0.25, -0.2) is 0 Å². The van der Waals surface area contributed by atoms with E-state index in [0.29, 0.717) is 5.41 Å². The second-order valence-corrected chi connectivity index (χ2v) is 10.6. The molecule has 3 saturated carbocycles. The summed E-state index contributed by atoms with van der Waals surface area (Å²) in [5.41, 5.74) is 5.27. The van der Waals surface area contributed by atoms with Crippen molar-refractivity contribution in [3.63, 3.8) is 0 Å². The lowest BCUT2D eigenvalue weighted by atomic mass is 9.60. The average Bonchev–Trinajstić information content (AvgIpc) is 2.98. The summed E-state index contributed by atoms with van der Waals surface area (Å²) in [7, 11) is 0. The van der Waals surface area contributed by atoms with Crippen LogP contribution in [0.1, 0.15) is 105 Å². The Morgan fingerprint density at radius 2 is 1.78 bits per heavy atom. The van der Waals surface area contributed by atoms with E-state index in [1.165, 1.54) is 88.2 Å². The van der Waals surface area contributed by atoms with Crippen LogP contribution in [0.15, 0.2) is 35.5 Å². The Kier molecular flexibility index (Phi) is 7.09. The number of hydrogen-bond donors (Lipinski definition) is 0. The lowest BCUT2D eigenvalue weighted by molar-refractivity contribution is 0.0929. The van der Waals surface area contributed by atoms with Crippen LogP contribution in [0.25, 0.3) is 0 Å². The van der Waals surface area contributed by atoms with Gasteiger partial charge in [-0.2, -0.15) is 0 Å². The minimum atomic E-state index is 0.559. The molecule has 3 aliphatic carbocycles. The van der Waals surface area contributed by atoms with Crippen LogP contribution in [-0.4, -0.2) is 0 Å². The zero-order valence-electron chi connectivity index (χ0n) is 18.7. The van der Waals surface area contributed by atoms with Gasteiger partial charge in [-0.15, -0.1) is 0 Å². The highest BCUT2D eigenvalue weighted by atomic mass is 14.5. The number of hydrogen-bond acceptors (Lipinski definition) is 0. The Bertz CT molecular complexity index is 575. The quantitative estimate of drug-likeness (QED) is 0.440. The Morgan fingerprint density at radius 3 is 2.52 bits per heavy atom. The zero-order valence-corrected chi connectivity index (χ0v) is 18.7. The summed E-state index contributed by atoms with van der Waals surface area (Å²) < 4.78 is 0. The molecule has 0 bridgehead atoms. The fourth-order valence-corrected chi connectivity index (χ4v) is 6.66. The Labute approximate surface area is 169 Å². The molecule has 0 unspecified atom stereocenters. The highest BCUT2D eigenvalue weighted by molar-refractivity contribution is 5.35. The maximum Gasteiger partial charge on any atom is -0.0143 e. The van der Waals surface area contributed by atoms with E-state index in [0.717, 1.165) is 23.7 Å². The second kappa shape index (κ2) is 9.15. The van der Waals surface area contributed by atoms with Gasteiger partial charge in [0.05, 0.1) is 0 Å². The largest absolute Gasteiger partial charge is 0.0956 e. The maximum absolute atomic E-state index is 4.32. The third-order valence-electron chi connectivity index (χ3n) is 8.29. The first kappa shape index (κ1) is 20.9. The van der Waals surface area contributed by atoms with Crippen LogP contribution in [-0.2, 0) is 0 Å². The Morgan fingerprint density at radius 1 is 1.00 bits per heavy atom. The number of fused-ring (bicyclic) bond motifs is 1. The van der Waals surface area contributed by atoms with Gasteiger partial charge in [0, 0.05) is 0 Å². The minimum Gasteiger partial charge on any atom is -0.0956 e. The summed E-state index contributed by atoms with van der Waals surface area (Å²) in [6, 6.07) is 0. The van der Waals surface area contributed by atoms with Crippen LogP contribution in [0.5, 0.6) is 0 Å². The number of rotatable bonds is 6. The summed E-state index contributed by atoms with van der Waals surface area (Å²) >= 11 is 0. The fraction of sp³-hybridized carbons (Fsp3) is 0.778. The highest BCUT2D eigenvalue weighted by Crippen LogP contribution is 2.59. The van der Waals surface area contributed by atoms with Gasteiger partial charge in [0.25, 0.3) is 0 Å². The van der Waals surface area contributed by atoms with Crippen LogP contribution >= 0.6 is 0 Å². The first-order valence-corrected chi connectivity index (χ1v) is 12.0. The summed E-state index contributed by atoms with van der Waals surface area (Å²) in [5, 5.41) is 0. The van der Waals surface area contributed by atoms with Gasteiger partial charge in [0.2, 0.25) is 0 Å². The molecule has 0 nitrogen and oxygen atoms in total. The molecule has 3 fully saturated rings. The van der Waals surface area contributed by atoms with E-state index in [2.05, 4.69) is 46.4 Å². The van der Waals surface area contributed by atoms with Crippen molar-refractivity contribution in [1.29, 1.82) is 0 Å². The molecule has 0 amide bonds. The molecule has 0 spiro atoms. The smallest absolute Gasteiger partial charge is 0.0143 e. The molecule has 0 saturated heterocycles. The highest BCUT2D eigenvalue weighted by Gasteiger charge is 2.50. The van der Waals surface area contributed by atoms with Crippen molar-refractivity contribution in [2.24, 2.45) is 29.1 Å². The van der Waals surface area contributed by atoms with E-state index in [4.69, 9.17) is 0 Å². The molecule has 0 radical (unpaired) electrons. The van der Waals surface area contributed by atoms with Crippen LogP contribution in [0.4, 0.5) is 0 Å². The SMILES string of the molecule is C=C1CCCC/C1=C/C=C1\CCC[C@]2(C)[C@@H]([C@H](C)CCCC(C)C)CC[C@@H]12. The average molecular weight is 369 g/mol. The van der Waals surface area contributed by atoms with Crippen molar-refractivity contribution < 1.29 is 0 Å². The molecule has 4 atom stereocenters. The lowest BCUT2D eigenvalue weighted by Gasteiger charge is -2.44.